The summed E-state index contributed by atoms with van der Waals surface area (Å²) in [6, 6.07) is 14.2. The summed E-state index contributed by atoms with van der Waals surface area (Å²) in [5.41, 5.74) is 7.75. The number of piperazine rings is 2. The molecular formula is C46H50F4N6O7S4. The fourth-order valence-corrected chi connectivity index (χ4v) is 12.9. The highest BCUT2D eigenvalue weighted by Crippen LogP contribution is 2.39. The van der Waals surface area contributed by atoms with Gasteiger partial charge in [0, 0.05) is 76.0 Å². The number of hydrogen-bond acceptors (Lipinski definition) is 13. The molecule has 0 N–H and O–H groups in total. The van der Waals surface area contributed by atoms with Gasteiger partial charge in [0.2, 0.25) is 25.8 Å². The largest absolute Gasteiger partial charge is 0.493 e. The van der Waals surface area contributed by atoms with Crippen molar-refractivity contribution >= 4 is 53.0 Å². The molecule has 4 heterocycles. The Bertz CT molecular complexity index is 2870. The fourth-order valence-electron chi connectivity index (χ4n) is 8.12. The smallest absolute Gasteiger partial charge is 0.249 e. The third-order valence-electron chi connectivity index (χ3n) is 11.4. The molecule has 4 aromatic carbocycles. The molecule has 0 aliphatic carbocycles. The molecule has 2 aliphatic rings. The lowest BCUT2D eigenvalue weighted by Gasteiger charge is -2.33. The predicted molar refractivity (Wildman–Crippen MR) is 251 cm³/mol. The van der Waals surface area contributed by atoms with E-state index >= 15 is 0 Å². The van der Waals surface area contributed by atoms with Crippen molar-refractivity contribution in [3.63, 3.8) is 0 Å². The lowest BCUT2D eigenvalue weighted by Crippen LogP contribution is -2.49. The molecule has 358 valence electrons. The molecular weight excluding hydrogens is 953 g/mol. The van der Waals surface area contributed by atoms with E-state index in [4.69, 9.17) is 24.2 Å². The Labute approximate surface area is 396 Å². The van der Waals surface area contributed by atoms with E-state index in [9.17, 15) is 34.4 Å². The maximum absolute atomic E-state index is 14.1. The summed E-state index contributed by atoms with van der Waals surface area (Å²) >= 11 is 2.98. The van der Waals surface area contributed by atoms with Crippen molar-refractivity contribution in [2.45, 2.75) is 43.4 Å². The Morgan fingerprint density at radius 3 is 1.33 bits per heavy atom. The molecule has 2 fully saturated rings. The van der Waals surface area contributed by atoms with E-state index in [2.05, 4.69) is 32.9 Å². The molecule has 67 heavy (non-hydrogen) atoms. The first-order valence-electron chi connectivity index (χ1n) is 21.1. The van der Waals surface area contributed by atoms with Crippen LogP contribution >= 0.6 is 22.7 Å². The van der Waals surface area contributed by atoms with Crippen LogP contribution in [0.15, 0.2) is 81.2 Å². The molecule has 0 amide bonds. The summed E-state index contributed by atoms with van der Waals surface area (Å²) in [4.78, 5) is 11.7. The average molecular weight is 1000 g/mol. The molecule has 21 heteroatoms. The van der Waals surface area contributed by atoms with Crippen LogP contribution in [0.4, 0.5) is 27.8 Å². The minimum Gasteiger partial charge on any atom is -0.493 e. The predicted octanol–water partition coefficient (Wildman–Crippen LogP) is 8.00. The van der Waals surface area contributed by atoms with E-state index in [-0.39, 0.29) is 26.2 Å². The van der Waals surface area contributed by atoms with Gasteiger partial charge in [-0.2, -0.15) is 8.61 Å². The van der Waals surface area contributed by atoms with Gasteiger partial charge in [0.15, 0.2) is 31.6 Å². The summed E-state index contributed by atoms with van der Waals surface area (Å²) < 4.78 is 126. The van der Waals surface area contributed by atoms with Crippen molar-refractivity contribution in [3.8, 4) is 17.2 Å². The zero-order chi connectivity index (χ0) is 48.2. The highest BCUT2D eigenvalue weighted by molar-refractivity contribution is 7.89. The zero-order valence-electron chi connectivity index (χ0n) is 37.7. The number of rotatable bonds is 13. The third-order valence-corrected chi connectivity index (χ3v) is 17.2. The van der Waals surface area contributed by atoms with Crippen LogP contribution in [0.5, 0.6) is 17.2 Å². The first-order chi connectivity index (χ1) is 31.9. The van der Waals surface area contributed by atoms with Gasteiger partial charge in [0.25, 0.3) is 0 Å². The fraction of sp³-hybridized carbons (Fsp3) is 0.348. The maximum Gasteiger partial charge on any atom is 0.249 e. The van der Waals surface area contributed by atoms with Crippen molar-refractivity contribution in [1.82, 2.24) is 18.6 Å². The van der Waals surface area contributed by atoms with Crippen LogP contribution in [0.2, 0.25) is 0 Å². The van der Waals surface area contributed by atoms with Gasteiger partial charge in [-0.25, -0.2) is 44.4 Å². The van der Waals surface area contributed by atoms with Gasteiger partial charge < -0.3 is 24.0 Å². The Kier molecular flexibility index (Phi) is 15.5. The number of anilines is 2. The highest BCUT2D eigenvalue weighted by atomic mass is 32.2. The van der Waals surface area contributed by atoms with Gasteiger partial charge in [0.05, 0.1) is 32.7 Å². The van der Waals surface area contributed by atoms with Crippen molar-refractivity contribution in [3.05, 3.63) is 134 Å². The lowest BCUT2D eigenvalue weighted by molar-refractivity contribution is 0.324. The number of hydrogen-bond donors (Lipinski definition) is 0. The number of benzene rings is 4. The van der Waals surface area contributed by atoms with Crippen LogP contribution in [0.1, 0.15) is 39.2 Å². The normalized spacial score (nSPS) is 15.0. The van der Waals surface area contributed by atoms with Crippen molar-refractivity contribution in [2.24, 2.45) is 0 Å². The van der Waals surface area contributed by atoms with Crippen LogP contribution in [0, 0.1) is 44.0 Å². The number of aromatic nitrogens is 2. The number of methoxy groups -OCH3 is 3. The van der Waals surface area contributed by atoms with E-state index in [1.54, 1.807) is 21.3 Å². The van der Waals surface area contributed by atoms with E-state index in [0.29, 0.717) is 49.8 Å². The molecule has 0 radical (unpaired) electrons. The van der Waals surface area contributed by atoms with Gasteiger partial charge in [-0.05, 0) is 79.4 Å². The van der Waals surface area contributed by atoms with Gasteiger partial charge in [-0.15, -0.1) is 22.7 Å². The van der Waals surface area contributed by atoms with E-state index in [1.807, 2.05) is 32.7 Å². The number of ether oxygens (including phenoxy) is 3. The molecule has 2 aliphatic heterocycles. The standard InChI is InChI=1S/C23H25F2N3O5S2.C23H25F2N3O2S2/c1-31-19-12-15(13-20(32-2)21(19)33-3)11-16-14-34-23(26-16)27-7-9-28(10-8-27)35(29,30)22-17(24)5-4-6-18(22)25;1-15-11-16(2)19(17(3)12-15)13-18-14-31-23(26-18)27-7-9-28(10-8-27)32(29,30)22-20(24)5-4-6-21(22)25/h4-6,12-14H,7-11H2,1-3H3;4-6,11-12,14H,7-10,13H2,1-3H3. The first kappa shape index (κ1) is 49.6. The Balaban J connectivity index is 0.000000200. The molecule has 2 aromatic heterocycles. The monoisotopic (exact) mass is 1000 g/mol. The Morgan fingerprint density at radius 1 is 0.567 bits per heavy atom. The van der Waals surface area contributed by atoms with E-state index in [0.717, 1.165) is 78.6 Å². The molecule has 8 rings (SSSR count). The summed E-state index contributed by atoms with van der Waals surface area (Å²) in [6.07, 6.45) is 1.28. The first-order valence-corrected chi connectivity index (χ1v) is 25.7. The SMILES string of the molecule is COc1cc(Cc2csc(N3CCN(S(=O)(=O)c4c(F)cccc4F)CC3)n2)cc(OC)c1OC.Cc1cc(C)c(Cc2csc(N3CCN(S(=O)(=O)c4c(F)cccc4F)CC3)n2)c(C)c1. The van der Waals surface area contributed by atoms with Crippen molar-refractivity contribution in [1.29, 1.82) is 0 Å². The van der Waals surface area contributed by atoms with Crippen molar-refractivity contribution < 1.29 is 48.6 Å². The number of aryl methyl sites for hydroxylation is 3. The summed E-state index contributed by atoms with van der Waals surface area (Å²) in [7, 11) is -3.85. The second-order valence-electron chi connectivity index (χ2n) is 15.9. The molecule has 0 unspecified atom stereocenters. The van der Waals surface area contributed by atoms with Crippen molar-refractivity contribution in [2.75, 3.05) is 83.5 Å². The number of thiazole rings is 2. The second kappa shape index (κ2) is 20.9. The van der Waals surface area contributed by atoms with Crippen LogP contribution in [-0.4, -0.2) is 109 Å². The zero-order valence-corrected chi connectivity index (χ0v) is 41.0. The minimum absolute atomic E-state index is 0.0951. The lowest BCUT2D eigenvalue weighted by atomic mass is 9.96. The molecule has 0 atom stereocenters. The third kappa shape index (κ3) is 10.9. The average Bonchev–Trinajstić information content (AvgIpc) is 3.97. The quantitative estimate of drug-likeness (QED) is 0.104. The number of halogens is 4. The number of sulfonamides is 2. The summed E-state index contributed by atoms with van der Waals surface area (Å²) in [5, 5.41) is 5.56. The molecule has 0 bridgehead atoms. The maximum atomic E-state index is 14.1. The molecule has 13 nitrogen and oxygen atoms in total. The summed E-state index contributed by atoms with van der Waals surface area (Å²) in [6.45, 7) is 8.30. The van der Waals surface area contributed by atoms with Gasteiger partial charge in [-0.3, -0.25) is 0 Å². The molecule has 6 aromatic rings. The van der Waals surface area contributed by atoms with Crippen LogP contribution in [0.25, 0.3) is 0 Å². The number of nitrogens with zero attached hydrogens (tertiary/aromatic N) is 6. The van der Waals surface area contributed by atoms with Gasteiger partial charge in [0.1, 0.15) is 23.3 Å². The highest BCUT2D eigenvalue weighted by Gasteiger charge is 2.35. The van der Waals surface area contributed by atoms with Crippen LogP contribution < -0.4 is 24.0 Å². The van der Waals surface area contributed by atoms with Crippen LogP contribution in [-0.2, 0) is 32.9 Å². The molecule has 0 saturated carbocycles. The Morgan fingerprint density at radius 2 is 0.955 bits per heavy atom. The van der Waals surface area contributed by atoms with Gasteiger partial charge >= 0.3 is 0 Å². The summed E-state index contributed by atoms with van der Waals surface area (Å²) in [5.74, 6) is -2.70. The van der Waals surface area contributed by atoms with E-state index in [1.165, 1.54) is 44.9 Å². The minimum atomic E-state index is -4.28. The van der Waals surface area contributed by atoms with Crippen LogP contribution in [0.3, 0.4) is 0 Å². The topological polar surface area (TPSA) is 135 Å². The second-order valence-corrected chi connectivity index (χ2v) is 21.3. The molecule has 2 saturated heterocycles. The van der Waals surface area contributed by atoms with Gasteiger partial charge in [-0.1, -0.05) is 29.8 Å². The molecule has 0 spiro atoms. The Hall–Kier alpha value is -5.32. The van der Waals surface area contributed by atoms with E-state index < -0.39 is 53.1 Å².